The van der Waals surface area contributed by atoms with Gasteiger partial charge in [-0.1, -0.05) is 26.0 Å². The zero-order valence-corrected chi connectivity index (χ0v) is 17.7. The molecule has 30 heavy (non-hydrogen) atoms. The highest BCUT2D eigenvalue weighted by atomic mass is 32.2. The van der Waals surface area contributed by atoms with Gasteiger partial charge in [0.05, 0.1) is 5.56 Å². The summed E-state index contributed by atoms with van der Waals surface area (Å²) >= 11 is 0. The Bertz CT molecular complexity index is 1190. The van der Waals surface area contributed by atoms with E-state index in [0.717, 1.165) is 16.5 Å². The van der Waals surface area contributed by atoms with E-state index in [1.54, 1.807) is 0 Å². The van der Waals surface area contributed by atoms with Crippen molar-refractivity contribution in [3.8, 4) is 0 Å². The summed E-state index contributed by atoms with van der Waals surface area (Å²) in [4.78, 5) is 23.5. The molecule has 0 aliphatic heterocycles. The Kier molecular flexibility index (Phi) is 5.84. The van der Waals surface area contributed by atoms with Gasteiger partial charge in [-0.05, 0) is 42.2 Å². The molecule has 158 valence electrons. The lowest BCUT2D eigenvalue weighted by atomic mass is 9.99. The van der Waals surface area contributed by atoms with Gasteiger partial charge in [-0.15, -0.1) is 0 Å². The molecule has 0 saturated carbocycles. The van der Waals surface area contributed by atoms with Crippen molar-refractivity contribution in [1.82, 2.24) is 8.54 Å². The molecule has 2 heterocycles. The number of benzene rings is 1. The maximum atomic E-state index is 12.8. The molecule has 0 saturated heterocycles. The first kappa shape index (κ1) is 21.4. The van der Waals surface area contributed by atoms with E-state index in [1.165, 1.54) is 41.8 Å². The van der Waals surface area contributed by atoms with Gasteiger partial charge in [-0.3, -0.25) is 4.79 Å². The van der Waals surface area contributed by atoms with Crippen molar-refractivity contribution >= 4 is 27.6 Å². The van der Waals surface area contributed by atoms with Crippen LogP contribution in [0.2, 0.25) is 0 Å². The molecule has 2 N–H and O–H groups in total. The number of aromatic carboxylic acids is 1. The first-order chi connectivity index (χ1) is 14.1. The molecule has 1 unspecified atom stereocenters. The molecule has 8 nitrogen and oxygen atoms in total. The summed E-state index contributed by atoms with van der Waals surface area (Å²) in [5, 5.41) is 11.9. The molecular weight excluding hydrogens is 406 g/mol. The van der Waals surface area contributed by atoms with E-state index in [2.05, 4.69) is 19.2 Å². The Balaban J connectivity index is 1.79. The molecule has 1 atom stereocenters. The van der Waals surface area contributed by atoms with E-state index in [0.29, 0.717) is 11.6 Å². The monoisotopic (exact) mass is 429 g/mol. The van der Waals surface area contributed by atoms with Gasteiger partial charge >= 0.3 is 5.97 Å². The van der Waals surface area contributed by atoms with Gasteiger partial charge < -0.3 is 15.0 Å². The van der Waals surface area contributed by atoms with Crippen LogP contribution in [0.25, 0.3) is 0 Å². The molecule has 1 amide bonds. The minimum atomic E-state index is -4.03. The van der Waals surface area contributed by atoms with Gasteiger partial charge in [-0.2, -0.15) is 0 Å². The van der Waals surface area contributed by atoms with Crippen molar-refractivity contribution in [3.63, 3.8) is 0 Å². The summed E-state index contributed by atoms with van der Waals surface area (Å²) in [5.74, 6) is -1.25. The number of carbonyl (C=O) groups excluding carboxylic acids is 1. The molecule has 0 spiro atoms. The SMILES string of the molecule is CCC(C)c1ccc(NC(=O)c2ccn(S(=O)(=O)c3cc(C(=O)O)n(C)c3)c2)cc1. The lowest BCUT2D eigenvalue weighted by Crippen LogP contribution is -2.13. The van der Waals surface area contributed by atoms with Gasteiger partial charge in [0, 0.05) is 31.3 Å². The number of carbonyl (C=O) groups is 2. The summed E-state index contributed by atoms with van der Waals surface area (Å²) in [7, 11) is -2.58. The number of rotatable bonds is 7. The molecule has 2 aromatic heterocycles. The maximum absolute atomic E-state index is 12.8. The third kappa shape index (κ3) is 4.16. The molecule has 3 rings (SSSR count). The van der Waals surface area contributed by atoms with Gasteiger partial charge in [-0.25, -0.2) is 17.2 Å². The predicted octanol–water partition coefficient (Wildman–Crippen LogP) is 3.53. The summed E-state index contributed by atoms with van der Waals surface area (Å²) in [6, 6.07) is 10.00. The number of carboxylic acids is 1. The second-order valence-electron chi connectivity index (χ2n) is 7.10. The van der Waals surface area contributed by atoms with Crippen molar-refractivity contribution in [3.05, 3.63) is 71.8 Å². The average molecular weight is 429 g/mol. The first-order valence-electron chi connectivity index (χ1n) is 9.38. The van der Waals surface area contributed by atoms with Gasteiger partial charge in [0.1, 0.15) is 10.6 Å². The largest absolute Gasteiger partial charge is 0.477 e. The molecule has 9 heteroatoms. The minimum Gasteiger partial charge on any atom is -0.477 e. The first-order valence-corrected chi connectivity index (χ1v) is 10.8. The Morgan fingerprint density at radius 2 is 1.80 bits per heavy atom. The number of hydrogen-bond acceptors (Lipinski definition) is 4. The minimum absolute atomic E-state index is 0.153. The summed E-state index contributed by atoms with van der Waals surface area (Å²) in [6.45, 7) is 4.24. The lowest BCUT2D eigenvalue weighted by Gasteiger charge is -2.10. The number of nitrogens with one attached hydrogen (secondary N) is 1. The van der Waals surface area contributed by atoms with Crippen LogP contribution in [0, 0.1) is 0 Å². The molecule has 1 aromatic carbocycles. The van der Waals surface area contributed by atoms with E-state index in [1.807, 2.05) is 24.3 Å². The van der Waals surface area contributed by atoms with Crippen LogP contribution in [0.3, 0.4) is 0 Å². The standard InChI is InChI=1S/C21H23N3O5S/c1-4-14(2)15-5-7-17(8-6-15)22-20(25)16-9-10-24(12-16)30(28,29)18-11-19(21(26)27)23(3)13-18/h5-14H,4H2,1-3H3,(H,22,25)(H,26,27). The maximum Gasteiger partial charge on any atom is 0.352 e. The number of aryl methyl sites for hydroxylation is 1. The topological polar surface area (TPSA) is 110 Å². The van der Waals surface area contributed by atoms with E-state index >= 15 is 0 Å². The van der Waals surface area contributed by atoms with E-state index < -0.39 is 21.9 Å². The highest BCUT2D eigenvalue weighted by Gasteiger charge is 2.23. The quantitative estimate of drug-likeness (QED) is 0.597. The molecular formula is C21H23N3O5S. The zero-order valence-electron chi connectivity index (χ0n) is 16.9. The molecule has 0 aliphatic carbocycles. The summed E-state index contributed by atoms with van der Waals surface area (Å²) < 4.78 is 27.7. The smallest absolute Gasteiger partial charge is 0.352 e. The van der Waals surface area contributed by atoms with Crippen LogP contribution in [0.4, 0.5) is 5.69 Å². The van der Waals surface area contributed by atoms with Crippen LogP contribution >= 0.6 is 0 Å². The van der Waals surface area contributed by atoms with Crippen LogP contribution in [-0.2, 0) is 17.1 Å². The number of aromatic nitrogens is 2. The Morgan fingerprint density at radius 3 is 2.37 bits per heavy atom. The molecule has 0 fully saturated rings. The van der Waals surface area contributed by atoms with Gasteiger partial charge in [0.15, 0.2) is 0 Å². The highest BCUT2D eigenvalue weighted by Crippen LogP contribution is 2.22. The van der Waals surface area contributed by atoms with Crippen LogP contribution in [0.5, 0.6) is 0 Å². The van der Waals surface area contributed by atoms with Crippen molar-refractivity contribution in [2.75, 3.05) is 5.32 Å². The molecule has 3 aromatic rings. The zero-order chi connectivity index (χ0) is 22.1. The fraction of sp³-hybridized carbons (Fsp3) is 0.238. The summed E-state index contributed by atoms with van der Waals surface area (Å²) in [6.07, 6.45) is 4.69. The fourth-order valence-corrected chi connectivity index (χ4v) is 4.27. The second kappa shape index (κ2) is 8.19. The fourth-order valence-electron chi connectivity index (χ4n) is 3.00. The Morgan fingerprint density at radius 1 is 1.13 bits per heavy atom. The van der Waals surface area contributed by atoms with Crippen molar-refractivity contribution in [2.45, 2.75) is 31.1 Å². The Hall–Kier alpha value is -3.33. The van der Waals surface area contributed by atoms with E-state index in [9.17, 15) is 18.0 Å². The Labute approximate surface area is 174 Å². The van der Waals surface area contributed by atoms with Crippen molar-refractivity contribution < 1.29 is 23.1 Å². The normalized spacial score (nSPS) is 12.5. The third-order valence-electron chi connectivity index (χ3n) is 5.05. The molecule has 0 aliphatic rings. The second-order valence-corrected chi connectivity index (χ2v) is 8.94. The average Bonchev–Trinajstić information content (AvgIpc) is 3.36. The number of amides is 1. The lowest BCUT2D eigenvalue weighted by molar-refractivity contribution is 0.0686. The number of nitrogens with zero attached hydrogens (tertiary/aromatic N) is 2. The molecule has 0 radical (unpaired) electrons. The number of anilines is 1. The van der Waals surface area contributed by atoms with Crippen LogP contribution < -0.4 is 5.32 Å². The van der Waals surface area contributed by atoms with E-state index in [-0.39, 0.29) is 16.2 Å². The highest BCUT2D eigenvalue weighted by molar-refractivity contribution is 7.90. The van der Waals surface area contributed by atoms with Crippen LogP contribution in [0.15, 0.2) is 59.9 Å². The third-order valence-corrected chi connectivity index (χ3v) is 6.66. The number of carboxylic acid groups (broad SMARTS) is 1. The van der Waals surface area contributed by atoms with Crippen molar-refractivity contribution in [2.24, 2.45) is 7.05 Å². The summed E-state index contributed by atoms with van der Waals surface area (Å²) in [5.41, 5.74) is 1.80. The van der Waals surface area contributed by atoms with Crippen LogP contribution in [0.1, 0.15) is 52.6 Å². The van der Waals surface area contributed by atoms with Gasteiger partial charge in [0.25, 0.3) is 15.9 Å². The van der Waals surface area contributed by atoms with E-state index in [4.69, 9.17) is 5.11 Å². The van der Waals surface area contributed by atoms with Crippen molar-refractivity contribution in [1.29, 1.82) is 0 Å². The van der Waals surface area contributed by atoms with Gasteiger partial charge in [0.2, 0.25) is 0 Å². The van der Waals surface area contributed by atoms with Crippen LogP contribution in [-0.4, -0.2) is 33.9 Å². The predicted molar refractivity (Wildman–Crippen MR) is 112 cm³/mol. The molecule has 0 bridgehead atoms. The number of hydrogen-bond donors (Lipinski definition) is 2.